The summed E-state index contributed by atoms with van der Waals surface area (Å²) in [6, 6.07) is 11.1. The highest BCUT2D eigenvalue weighted by Crippen LogP contribution is 2.25. The minimum Gasteiger partial charge on any atom is -0.460 e. The van der Waals surface area contributed by atoms with Crippen molar-refractivity contribution in [1.82, 2.24) is 0 Å². The summed E-state index contributed by atoms with van der Waals surface area (Å²) < 4.78 is 35.5. The van der Waals surface area contributed by atoms with Crippen LogP contribution in [-0.2, 0) is 20.3 Å². The standard InChI is InChI=1S/C20H22O5S/c1-15-7-5-6-8-16(15)13-24-20(21)19-12-11-17(25-19)14-26(22,23)18-9-3-2-4-10-18/h2-6,9-12,15-16H,7-8,13-14H2,1H3/t15-,16-/m0/s1. The molecule has 0 fully saturated rings. The molecular formula is C20H22O5S. The average Bonchev–Trinajstić information content (AvgIpc) is 3.09. The number of carbonyl (C=O) groups is 1. The highest BCUT2D eigenvalue weighted by atomic mass is 32.2. The van der Waals surface area contributed by atoms with Crippen LogP contribution < -0.4 is 0 Å². The van der Waals surface area contributed by atoms with Crippen LogP contribution in [0.1, 0.15) is 36.1 Å². The summed E-state index contributed by atoms with van der Waals surface area (Å²) in [5.41, 5.74) is 0. The predicted octanol–water partition coefficient (Wildman–Crippen LogP) is 4.01. The zero-order valence-electron chi connectivity index (χ0n) is 14.6. The zero-order valence-corrected chi connectivity index (χ0v) is 15.4. The minimum atomic E-state index is -3.52. The van der Waals surface area contributed by atoms with Crippen molar-refractivity contribution in [3.63, 3.8) is 0 Å². The Morgan fingerprint density at radius 2 is 1.85 bits per heavy atom. The van der Waals surface area contributed by atoms with Gasteiger partial charge in [0.25, 0.3) is 0 Å². The quantitative estimate of drug-likeness (QED) is 0.564. The number of hydrogen-bond acceptors (Lipinski definition) is 5. The van der Waals surface area contributed by atoms with Gasteiger partial charge in [0, 0.05) is 0 Å². The lowest BCUT2D eigenvalue weighted by Gasteiger charge is -2.24. The van der Waals surface area contributed by atoms with Crippen LogP contribution in [0.15, 0.2) is 63.9 Å². The van der Waals surface area contributed by atoms with E-state index in [1.54, 1.807) is 18.2 Å². The van der Waals surface area contributed by atoms with Crippen LogP contribution in [-0.4, -0.2) is 21.0 Å². The van der Waals surface area contributed by atoms with Crippen molar-refractivity contribution in [2.75, 3.05) is 6.61 Å². The molecule has 1 aliphatic rings. The minimum absolute atomic E-state index is 0.0299. The fourth-order valence-corrected chi connectivity index (χ4v) is 4.22. The van der Waals surface area contributed by atoms with Crippen LogP contribution in [0.4, 0.5) is 0 Å². The van der Waals surface area contributed by atoms with Crippen LogP contribution in [0.25, 0.3) is 0 Å². The van der Waals surface area contributed by atoms with Crippen molar-refractivity contribution in [3.8, 4) is 0 Å². The Morgan fingerprint density at radius 1 is 1.12 bits per heavy atom. The van der Waals surface area contributed by atoms with Gasteiger partial charge < -0.3 is 9.15 Å². The van der Waals surface area contributed by atoms with Crippen LogP contribution in [0, 0.1) is 11.8 Å². The molecule has 138 valence electrons. The summed E-state index contributed by atoms with van der Waals surface area (Å²) in [4.78, 5) is 12.4. The Bertz CT molecular complexity index is 880. The second kappa shape index (κ2) is 7.91. The lowest BCUT2D eigenvalue weighted by atomic mass is 9.85. The molecule has 0 N–H and O–H groups in total. The van der Waals surface area contributed by atoms with E-state index in [0.29, 0.717) is 18.4 Å². The average molecular weight is 374 g/mol. The van der Waals surface area contributed by atoms with Gasteiger partial charge in [0.1, 0.15) is 11.5 Å². The van der Waals surface area contributed by atoms with Crippen molar-refractivity contribution in [3.05, 3.63) is 66.1 Å². The third-order valence-corrected chi connectivity index (χ3v) is 6.30. The molecule has 0 unspecified atom stereocenters. The third-order valence-electron chi connectivity index (χ3n) is 4.64. The Morgan fingerprint density at radius 3 is 2.58 bits per heavy atom. The van der Waals surface area contributed by atoms with E-state index in [9.17, 15) is 13.2 Å². The number of hydrogen-bond donors (Lipinski definition) is 0. The molecule has 0 bridgehead atoms. The van der Waals surface area contributed by atoms with Gasteiger partial charge in [-0.1, -0.05) is 37.3 Å². The largest absolute Gasteiger partial charge is 0.460 e. The van der Waals surface area contributed by atoms with Gasteiger partial charge >= 0.3 is 5.97 Å². The first-order valence-electron chi connectivity index (χ1n) is 8.64. The number of allylic oxidation sites excluding steroid dienone is 2. The molecule has 3 rings (SSSR count). The van der Waals surface area contributed by atoms with E-state index in [1.165, 1.54) is 24.3 Å². The van der Waals surface area contributed by atoms with E-state index in [4.69, 9.17) is 9.15 Å². The summed E-state index contributed by atoms with van der Waals surface area (Å²) in [6.07, 6.45) is 6.14. The lowest BCUT2D eigenvalue weighted by molar-refractivity contribution is 0.0358. The first kappa shape index (κ1) is 18.5. The summed E-state index contributed by atoms with van der Waals surface area (Å²) in [6.45, 7) is 2.48. The van der Waals surface area contributed by atoms with Crippen molar-refractivity contribution < 1.29 is 22.4 Å². The Kier molecular flexibility index (Phi) is 5.61. The topological polar surface area (TPSA) is 73.6 Å². The third kappa shape index (κ3) is 4.43. The van der Waals surface area contributed by atoms with Crippen LogP contribution >= 0.6 is 0 Å². The summed E-state index contributed by atoms with van der Waals surface area (Å²) in [5.74, 6) is 0.161. The van der Waals surface area contributed by atoms with Gasteiger partial charge in [-0.3, -0.25) is 0 Å². The molecule has 1 aliphatic carbocycles. The molecule has 0 spiro atoms. The van der Waals surface area contributed by atoms with Gasteiger partial charge in [0.15, 0.2) is 9.84 Å². The Labute approximate surface area is 153 Å². The van der Waals surface area contributed by atoms with Crippen molar-refractivity contribution in [2.24, 2.45) is 11.8 Å². The van der Waals surface area contributed by atoms with Crippen molar-refractivity contribution in [2.45, 2.75) is 30.4 Å². The Hall–Kier alpha value is -2.34. The predicted molar refractivity (Wildman–Crippen MR) is 97.4 cm³/mol. The second-order valence-corrected chi connectivity index (χ2v) is 8.61. The number of benzene rings is 1. The van der Waals surface area contributed by atoms with Crippen LogP contribution in [0.5, 0.6) is 0 Å². The van der Waals surface area contributed by atoms with Gasteiger partial charge in [-0.2, -0.15) is 0 Å². The molecule has 0 aliphatic heterocycles. The van der Waals surface area contributed by atoms with Gasteiger partial charge in [-0.05, 0) is 48.9 Å². The number of carbonyl (C=O) groups excluding carboxylic acids is 1. The molecule has 0 radical (unpaired) electrons. The van der Waals surface area contributed by atoms with Gasteiger partial charge in [0.05, 0.1) is 11.5 Å². The Balaban J connectivity index is 1.60. The number of sulfone groups is 1. The van der Waals surface area contributed by atoms with Crippen LogP contribution in [0.2, 0.25) is 0 Å². The van der Waals surface area contributed by atoms with E-state index >= 15 is 0 Å². The number of rotatable bonds is 6. The number of furan rings is 1. The van der Waals surface area contributed by atoms with Gasteiger partial charge in [0.2, 0.25) is 5.76 Å². The summed E-state index contributed by atoms with van der Waals surface area (Å²) >= 11 is 0. The highest BCUT2D eigenvalue weighted by molar-refractivity contribution is 7.90. The molecular weight excluding hydrogens is 352 g/mol. The van der Waals surface area contributed by atoms with Crippen LogP contribution in [0.3, 0.4) is 0 Å². The van der Waals surface area contributed by atoms with Crippen molar-refractivity contribution in [1.29, 1.82) is 0 Å². The monoisotopic (exact) mass is 374 g/mol. The van der Waals surface area contributed by atoms with Crippen molar-refractivity contribution >= 4 is 15.8 Å². The fraction of sp³-hybridized carbons (Fsp3) is 0.350. The number of esters is 1. The SMILES string of the molecule is C[C@H]1CC=CC[C@H]1COC(=O)c1ccc(CS(=O)(=O)c2ccccc2)o1. The molecule has 5 nitrogen and oxygen atoms in total. The molecule has 0 amide bonds. The molecule has 0 saturated carbocycles. The lowest BCUT2D eigenvalue weighted by Crippen LogP contribution is -2.21. The van der Waals surface area contributed by atoms with E-state index < -0.39 is 15.8 Å². The summed E-state index contributed by atoms with van der Waals surface area (Å²) in [7, 11) is -3.52. The van der Waals surface area contributed by atoms with E-state index in [-0.39, 0.29) is 22.2 Å². The molecule has 1 heterocycles. The molecule has 1 aromatic carbocycles. The van der Waals surface area contributed by atoms with Gasteiger partial charge in [-0.15, -0.1) is 0 Å². The maximum atomic E-state index is 12.4. The molecule has 0 saturated heterocycles. The molecule has 26 heavy (non-hydrogen) atoms. The number of ether oxygens (including phenoxy) is 1. The first-order valence-corrected chi connectivity index (χ1v) is 10.3. The highest BCUT2D eigenvalue weighted by Gasteiger charge is 2.23. The van der Waals surface area contributed by atoms with E-state index in [1.807, 2.05) is 0 Å². The zero-order chi connectivity index (χ0) is 18.6. The fourth-order valence-electron chi connectivity index (χ4n) is 2.96. The normalized spacial score (nSPS) is 20.0. The maximum Gasteiger partial charge on any atom is 0.374 e. The molecule has 2 aromatic rings. The molecule has 6 heteroatoms. The van der Waals surface area contributed by atoms with Gasteiger partial charge in [-0.25, -0.2) is 13.2 Å². The van der Waals surface area contributed by atoms with E-state index in [2.05, 4.69) is 19.1 Å². The molecule has 2 atom stereocenters. The van der Waals surface area contributed by atoms with E-state index in [0.717, 1.165) is 12.8 Å². The second-order valence-electron chi connectivity index (χ2n) is 6.62. The summed E-state index contributed by atoms with van der Waals surface area (Å²) in [5, 5.41) is 0. The maximum absolute atomic E-state index is 12.4. The molecule has 1 aromatic heterocycles. The first-order chi connectivity index (χ1) is 12.5. The smallest absolute Gasteiger partial charge is 0.374 e.